The molecule has 0 spiro atoms. The van der Waals surface area contributed by atoms with Crippen LogP contribution in [0.5, 0.6) is 0 Å². The molecular weight excluding hydrogens is 324 g/mol. The maximum Gasteiger partial charge on any atom is 0.0345 e. The van der Waals surface area contributed by atoms with Crippen molar-refractivity contribution in [3.63, 3.8) is 0 Å². The number of hydrogen-bond donors (Lipinski definition) is 2. The molecule has 25 heavy (non-hydrogen) atoms. The number of hydrogen-bond acceptors (Lipinski definition) is 3. The summed E-state index contributed by atoms with van der Waals surface area (Å²) in [4.78, 5) is 0. The Kier molecular flexibility index (Phi) is 4.79. The fourth-order valence-corrected chi connectivity index (χ4v) is 4.37. The molecule has 3 N–H and O–H groups in total. The van der Waals surface area contributed by atoms with Crippen molar-refractivity contribution in [2.75, 3.05) is 6.54 Å². The predicted molar refractivity (Wildman–Crippen MR) is 109 cm³/mol. The molecule has 3 aromatic carbocycles. The van der Waals surface area contributed by atoms with E-state index >= 15 is 0 Å². The monoisotopic (exact) mass is 346 g/mol. The van der Waals surface area contributed by atoms with Gasteiger partial charge in [0.1, 0.15) is 0 Å². The van der Waals surface area contributed by atoms with Crippen molar-refractivity contribution >= 4 is 32.2 Å². The lowest BCUT2D eigenvalue weighted by Gasteiger charge is -2.17. The van der Waals surface area contributed by atoms with Crippen molar-refractivity contribution < 1.29 is 0 Å². The van der Waals surface area contributed by atoms with Crippen LogP contribution in [-0.4, -0.2) is 12.6 Å². The largest absolute Gasteiger partial charge is 0.329 e. The van der Waals surface area contributed by atoms with Crippen molar-refractivity contribution in [2.24, 2.45) is 5.73 Å². The van der Waals surface area contributed by atoms with Crippen molar-refractivity contribution in [3.8, 4) is 0 Å². The normalized spacial score (nSPS) is 12.7. The quantitative estimate of drug-likeness (QED) is 0.530. The summed E-state index contributed by atoms with van der Waals surface area (Å²) in [6.07, 6.45) is 0.964. The first-order chi connectivity index (χ1) is 12.3. The van der Waals surface area contributed by atoms with Gasteiger partial charge in [0, 0.05) is 23.8 Å². The number of nitrogens with two attached hydrogens (primary N) is 1. The van der Waals surface area contributed by atoms with Gasteiger partial charge in [-0.3, -0.25) is 0 Å². The maximum atomic E-state index is 6.05. The first-order valence-corrected chi connectivity index (χ1v) is 9.58. The summed E-state index contributed by atoms with van der Waals surface area (Å²) in [5.41, 5.74) is 8.77. The molecule has 1 unspecified atom stereocenters. The van der Waals surface area contributed by atoms with Crippen LogP contribution < -0.4 is 11.1 Å². The molecule has 0 amide bonds. The van der Waals surface area contributed by atoms with Gasteiger partial charge in [0.05, 0.1) is 0 Å². The van der Waals surface area contributed by atoms with Crippen LogP contribution in [0.3, 0.4) is 0 Å². The molecule has 4 aromatic rings. The molecule has 2 nitrogen and oxygen atoms in total. The zero-order chi connectivity index (χ0) is 17.1. The second kappa shape index (κ2) is 7.36. The Morgan fingerprint density at radius 1 is 0.840 bits per heavy atom. The van der Waals surface area contributed by atoms with Gasteiger partial charge in [0.15, 0.2) is 0 Å². The Morgan fingerprint density at radius 2 is 1.60 bits per heavy atom. The minimum Gasteiger partial charge on any atom is -0.329 e. The molecule has 0 aliphatic heterocycles. The van der Waals surface area contributed by atoms with E-state index in [0.717, 1.165) is 13.0 Å². The van der Waals surface area contributed by atoms with Crippen LogP contribution in [0.4, 0.5) is 0 Å². The third kappa shape index (κ3) is 3.45. The fourth-order valence-electron chi connectivity index (χ4n) is 3.40. The van der Waals surface area contributed by atoms with Gasteiger partial charge >= 0.3 is 0 Å². The molecule has 0 bridgehead atoms. The van der Waals surface area contributed by atoms with Gasteiger partial charge in [-0.15, -0.1) is 11.3 Å². The van der Waals surface area contributed by atoms with Gasteiger partial charge in [-0.25, -0.2) is 0 Å². The van der Waals surface area contributed by atoms with E-state index in [1.807, 2.05) is 11.3 Å². The highest BCUT2D eigenvalue weighted by Gasteiger charge is 2.11. The average molecular weight is 346 g/mol. The van der Waals surface area contributed by atoms with Gasteiger partial charge in [-0.05, 0) is 45.2 Å². The molecule has 3 heteroatoms. The topological polar surface area (TPSA) is 38.0 Å². The second-order valence-corrected chi connectivity index (χ2v) is 7.32. The SMILES string of the molecule is NCC(Cc1csc2ccccc12)NCc1cccc2ccccc12. The van der Waals surface area contributed by atoms with Crippen molar-refractivity contribution in [3.05, 3.63) is 83.2 Å². The van der Waals surface area contributed by atoms with Crippen LogP contribution in [0.1, 0.15) is 11.1 Å². The highest BCUT2D eigenvalue weighted by atomic mass is 32.1. The van der Waals surface area contributed by atoms with E-state index in [0.29, 0.717) is 6.54 Å². The highest BCUT2D eigenvalue weighted by molar-refractivity contribution is 7.17. The van der Waals surface area contributed by atoms with E-state index in [-0.39, 0.29) is 6.04 Å². The van der Waals surface area contributed by atoms with E-state index in [2.05, 4.69) is 77.4 Å². The summed E-state index contributed by atoms with van der Waals surface area (Å²) in [5, 5.41) is 9.89. The summed E-state index contributed by atoms with van der Waals surface area (Å²) in [6, 6.07) is 23.9. The zero-order valence-corrected chi connectivity index (χ0v) is 14.9. The number of nitrogens with one attached hydrogen (secondary N) is 1. The number of thiophene rings is 1. The Labute approximate surface area is 152 Å². The maximum absolute atomic E-state index is 6.05. The molecule has 0 saturated carbocycles. The molecule has 0 radical (unpaired) electrons. The van der Waals surface area contributed by atoms with E-state index < -0.39 is 0 Å². The second-order valence-electron chi connectivity index (χ2n) is 6.41. The smallest absolute Gasteiger partial charge is 0.0345 e. The van der Waals surface area contributed by atoms with E-state index in [1.165, 1.54) is 32.0 Å². The van der Waals surface area contributed by atoms with Gasteiger partial charge in [-0.1, -0.05) is 60.7 Å². The predicted octanol–water partition coefficient (Wildman–Crippen LogP) is 4.71. The van der Waals surface area contributed by atoms with Crippen LogP contribution in [-0.2, 0) is 13.0 Å². The Hall–Kier alpha value is -2.20. The van der Waals surface area contributed by atoms with Gasteiger partial charge in [0.25, 0.3) is 0 Å². The molecule has 0 fully saturated rings. The lowest BCUT2D eigenvalue weighted by atomic mass is 10.0. The van der Waals surface area contributed by atoms with E-state index in [4.69, 9.17) is 5.73 Å². The molecule has 1 atom stereocenters. The third-order valence-electron chi connectivity index (χ3n) is 4.77. The van der Waals surface area contributed by atoms with E-state index in [9.17, 15) is 0 Å². The van der Waals surface area contributed by atoms with Gasteiger partial charge < -0.3 is 11.1 Å². The first-order valence-electron chi connectivity index (χ1n) is 8.70. The van der Waals surface area contributed by atoms with Crippen molar-refractivity contribution in [1.82, 2.24) is 5.32 Å². The van der Waals surface area contributed by atoms with Crippen LogP contribution >= 0.6 is 11.3 Å². The molecule has 126 valence electrons. The van der Waals surface area contributed by atoms with Crippen LogP contribution in [0.15, 0.2) is 72.1 Å². The molecule has 0 saturated heterocycles. The fraction of sp³-hybridized carbons (Fsp3) is 0.182. The number of fused-ring (bicyclic) bond motifs is 2. The van der Waals surface area contributed by atoms with Crippen molar-refractivity contribution in [2.45, 2.75) is 19.0 Å². The third-order valence-corrected chi connectivity index (χ3v) is 5.79. The van der Waals surface area contributed by atoms with Gasteiger partial charge in [-0.2, -0.15) is 0 Å². The number of benzene rings is 3. The summed E-state index contributed by atoms with van der Waals surface area (Å²) >= 11 is 1.81. The number of rotatable bonds is 6. The lowest BCUT2D eigenvalue weighted by Crippen LogP contribution is -2.37. The molecular formula is C22H22N2S. The lowest BCUT2D eigenvalue weighted by molar-refractivity contribution is 0.518. The summed E-state index contributed by atoms with van der Waals surface area (Å²) in [6.45, 7) is 1.47. The van der Waals surface area contributed by atoms with Crippen LogP contribution in [0, 0.1) is 0 Å². The highest BCUT2D eigenvalue weighted by Crippen LogP contribution is 2.26. The molecule has 4 rings (SSSR count). The van der Waals surface area contributed by atoms with E-state index in [1.54, 1.807) is 0 Å². The summed E-state index contributed by atoms with van der Waals surface area (Å²) in [5.74, 6) is 0. The molecule has 0 aliphatic carbocycles. The summed E-state index contributed by atoms with van der Waals surface area (Å²) < 4.78 is 1.35. The first kappa shape index (κ1) is 16.3. The minimum absolute atomic E-state index is 0.275. The standard InChI is InChI=1S/C22H22N2S/c23-13-19(12-18-15-25-22-11-4-3-10-21(18)22)24-14-17-8-5-7-16-6-1-2-9-20(16)17/h1-11,15,19,24H,12-14,23H2. The molecule has 1 heterocycles. The van der Waals surface area contributed by atoms with Crippen molar-refractivity contribution in [1.29, 1.82) is 0 Å². The molecule has 1 aromatic heterocycles. The Balaban J connectivity index is 1.50. The molecule has 0 aliphatic rings. The van der Waals surface area contributed by atoms with Crippen LogP contribution in [0.2, 0.25) is 0 Å². The summed E-state index contributed by atoms with van der Waals surface area (Å²) in [7, 11) is 0. The zero-order valence-electron chi connectivity index (χ0n) is 14.1. The van der Waals surface area contributed by atoms with Gasteiger partial charge in [0.2, 0.25) is 0 Å². The Bertz CT molecular complexity index is 984. The van der Waals surface area contributed by atoms with Crippen LogP contribution in [0.25, 0.3) is 20.9 Å². The minimum atomic E-state index is 0.275. The Morgan fingerprint density at radius 3 is 2.48 bits per heavy atom. The average Bonchev–Trinajstić information content (AvgIpc) is 3.08.